The van der Waals surface area contributed by atoms with Crippen molar-refractivity contribution in [1.29, 1.82) is 0 Å². The first-order chi connectivity index (χ1) is 12.5. The second kappa shape index (κ2) is 6.41. The molecule has 1 amide bonds. The summed E-state index contributed by atoms with van der Waals surface area (Å²) in [7, 11) is 0. The largest absolute Gasteiger partial charge is 0.364 e. The molecule has 3 N–H and O–H groups in total. The van der Waals surface area contributed by atoms with E-state index in [9.17, 15) is 4.79 Å². The highest BCUT2D eigenvalue weighted by Gasteiger charge is 2.48. The van der Waals surface area contributed by atoms with Crippen LogP contribution in [0.4, 0.5) is 0 Å². The van der Waals surface area contributed by atoms with Gasteiger partial charge in [-0.2, -0.15) is 0 Å². The molecule has 3 heterocycles. The lowest BCUT2D eigenvalue weighted by Crippen LogP contribution is -2.60. The van der Waals surface area contributed by atoms with Crippen molar-refractivity contribution in [2.75, 3.05) is 32.7 Å². The van der Waals surface area contributed by atoms with Crippen LogP contribution < -0.4 is 11.1 Å². The van der Waals surface area contributed by atoms with Crippen molar-refractivity contribution >= 4 is 29.1 Å². The fourth-order valence-electron chi connectivity index (χ4n) is 3.72. The van der Waals surface area contributed by atoms with Crippen LogP contribution in [-0.4, -0.2) is 65.6 Å². The Kier molecular flexibility index (Phi) is 4.20. The normalized spacial score (nSPS) is 25.4. The minimum absolute atomic E-state index is 0.388. The van der Waals surface area contributed by atoms with E-state index in [1.54, 1.807) is 6.20 Å². The summed E-state index contributed by atoms with van der Waals surface area (Å²) in [5.41, 5.74) is 7.11. The van der Waals surface area contributed by atoms with Crippen molar-refractivity contribution in [3.05, 3.63) is 46.7 Å². The Bertz CT molecular complexity index is 825. The van der Waals surface area contributed by atoms with Crippen LogP contribution >= 0.6 is 11.6 Å². The number of rotatable bonds is 2. The number of carbonyl (C=O) groups excluding carboxylic acids is 1. The monoisotopic (exact) mass is 372 g/mol. The number of halogens is 1. The highest BCUT2D eigenvalue weighted by molar-refractivity contribution is 6.30. The molecule has 0 bridgehead atoms. The van der Waals surface area contributed by atoms with Crippen LogP contribution in [0, 0.1) is 0 Å². The number of carbonyl (C=O) groups is 1. The summed E-state index contributed by atoms with van der Waals surface area (Å²) in [6.07, 6.45) is 1.57. The maximum Gasteiger partial charge on any atom is 0.266 e. The summed E-state index contributed by atoms with van der Waals surface area (Å²) in [5, 5.41) is 4.02. The van der Waals surface area contributed by atoms with Gasteiger partial charge >= 0.3 is 0 Å². The average molecular weight is 373 g/mol. The van der Waals surface area contributed by atoms with Crippen LogP contribution in [-0.2, 0) is 4.79 Å². The lowest BCUT2D eigenvalue weighted by molar-refractivity contribution is -0.116. The molecule has 0 radical (unpaired) electrons. The van der Waals surface area contributed by atoms with E-state index in [0.29, 0.717) is 17.3 Å². The number of aliphatic imine (C=N–C) groups is 2. The van der Waals surface area contributed by atoms with Gasteiger partial charge in [0.25, 0.3) is 5.91 Å². The average Bonchev–Trinajstić information content (AvgIpc) is 3.00. The third kappa shape index (κ3) is 2.77. The lowest BCUT2D eigenvalue weighted by Gasteiger charge is -2.43. The van der Waals surface area contributed by atoms with Gasteiger partial charge in [0.1, 0.15) is 5.70 Å². The van der Waals surface area contributed by atoms with E-state index in [1.807, 2.05) is 36.1 Å². The Morgan fingerprint density at radius 2 is 1.96 bits per heavy atom. The summed E-state index contributed by atoms with van der Waals surface area (Å²) in [4.78, 5) is 25.7. The van der Waals surface area contributed by atoms with E-state index in [2.05, 4.69) is 15.2 Å². The first-order valence-electron chi connectivity index (χ1n) is 8.65. The van der Waals surface area contributed by atoms with E-state index in [0.717, 1.165) is 43.3 Å². The Labute approximate surface area is 157 Å². The Morgan fingerprint density at radius 3 is 2.62 bits per heavy atom. The van der Waals surface area contributed by atoms with Crippen LogP contribution in [0.15, 0.2) is 46.1 Å². The second-order valence-electron chi connectivity index (χ2n) is 6.74. The highest BCUT2D eigenvalue weighted by atomic mass is 35.5. The molecule has 136 valence electrons. The number of amides is 1. The molecule has 1 atom stereocenters. The molecule has 26 heavy (non-hydrogen) atoms. The molecular formula is C18H21ClN6O. The van der Waals surface area contributed by atoms with Crippen LogP contribution in [0.1, 0.15) is 12.5 Å². The molecule has 4 rings (SSSR count). The molecule has 0 spiro atoms. The van der Waals surface area contributed by atoms with E-state index in [1.165, 1.54) is 0 Å². The van der Waals surface area contributed by atoms with Gasteiger partial charge in [0.15, 0.2) is 11.5 Å². The minimum Gasteiger partial charge on any atom is -0.364 e. The Hall–Kier alpha value is -2.38. The molecule has 3 aliphatic heterocycles. The summed E-state index contributed by atoms with van der Waals surface area (Å²) >= 11 is 6.00. The predicted molar refractivity (Wildman–Crippen MR) is 102 cm³/mol. The molecule has 1 aromatic rings. The van der Waals surface area contributed by atoms with Crippen molar-refractivity contribution in [2.24, 2.45) is 15.7 Å². The molecule has 1 unspecified atom stereocenters. The van der Waals surface area contributed by atoms with Gasteiger partial charge in [0.2, 0.25) is 0 Å². The van der Waals surface area contributed by atoms with E-state index >= 15 is 0 Å². The summed E-state index contributed by atoms with van der Waals surface area (Å²) < 4.78 is 0. The molecular weight excluding hydrogens is 352 g/mol. The van der Waals surface area contributed by atoms with Gasteiger partial charge in [-0.05, 0) is 24.6 Å². The number of amidine groups is 1. The third-order valence-corrected chi connectivity index (χ3v) is 5.31. The topological polar surface area (TPSA) is 86.3 Å². The number of nitrogens with two attached hydrogens (primary N) is 1. The minimum atomic E-state index is -0.745. The smallest absolute Gasteiger partial charge is 0.266 e. The molecule has 1 fully saturated rings. The Morgan fingerprint density at radius 1 is 1.27 bits per heavy atom. The van der Waals surface area contributed by atoms with Gasteiger partial charge in [-0.3, -0.25) is 9.79 Å². The number of hydrogen-bond acceptors (Lipinski definition) is 6. The zero-order valence-electron chi connectivity index (χ0n) is 14.6. The molecule has 0 aromatic heterocycles. The van der Waals surface area contributed by atoms with Crippen molar-refractivity contribution in [1.82, 2.24) is 15.1 Å². The molecule has 1 aromatic carbocycles. The predicted octanol–water partition coefficient (Wildman–Crippen LogP) is 0.805. The third-order valence-electron chi connectivity index (χ3n) is 5.06. The van der Waals surface area contributed by atoms with Crippen LogP contribution in [0.3, 0.4) is 0 Å². The van der Waals surface area contributed by atoms with Gasteiger partial charge in [-0.1, -0.05) is 23.7 Å². The SMILES string of the molecule is CC12N=C(c3ccc(Cl)cc3)CN1C(C(N)=O)=CN=C2N1CCNCC1. The number of nitrogens with one attached hydrogen (secondary N) is 1. The zero-order valence-corrected chi connectivity index (χ0v) is 15.3. The Balaban J connectivity index is 1.76. The van der Waals surface area contributed by atoms with Gasteiger partial charge in [-0.25, -0.2) is 4.99 Å². The molecule has 7 nitrogen and oxygen atoms in total. The van der Waals surface area contributed by atoms with Gasteiger partial charge in [0.05, 0.1) is 18.5 Å². The molecule has 3 aliphatic rings. The number of benzene rings is 1. The van der Waals surface area contributed by atoms with Crippen molar-refractivity contribution in [2.45, 2.75) is 12.6 Å². The fourth-order valence-corrected chi connectivity index (χ4v) is 3.85. The summed E-state index contributed by atoms with van der Waals surface area (Å²) in [5.74, 6) is 0.361. The molecule has 0 saturated carbocycles. The van der Waals surface area contributed by atoms with Gasteiger partial charge < -0.3 is 20.9 Å². The second-order valence-corrected chi connectivity index (χ2v) is 7.18. The first kappa shape index (κ1) is 17.1. The van der Waals surface area contributed by atoms with Crippen molar-refractivity contribution in [3.63, 3.8) is 0 Å². The van der Waals surface area contributed by atoms with Crippen molar-refractivity contribution in [3.8, 4) is 0 Å². The number of fused-ring (bicyclic) bond motifs is 1. The number of hydrogen-bond donors (Lipinski definition) is 2. The number of piperazine rings is 1. The number of nitrogens with zero attached hydrogens (tertiary/aromatic N) is 4. The molecule has 0 aliphatic carbocycles. The van der Waals surface area contributed by atoms with Crippen molar-refractivity contribution < 1.29 is 4.79 Å². The van der Waals surface area contributed by atoms with Gasteiger partial charge in [0, 0.05) is 31.2 Å². The highest BCUT2D eigenvalue weighted by Crippen LogP contribution is 2.35. The number of primary amides is 1. The zero-order chi connectivity index (χ0) is 18.3. The fraction of sp³-hybridized carbons (Fsp3) is 0.389. The summed E-state index contributed by atoms with van der Waals surface area (Å²) in [6.45, 7) is 6.00. The molecule has 1 saturated heterocycles. The first-order valence-corrected chi connectivity index (χ1v) is 9.03. The van der Waals surface area contributed by atoms with Crippen LogP contribution in [0.25, 0.3) is 0 Å². The van der Waals surface area contributed by atoms with Crippen LogP contribution in [0.5, 0.6) is 0 Å². The summed E-state index contributed by atoms with van der Waals surface area (Å²) in [6, 6.07) is 7.57. The van der Waals surface area contributed by atoms with E-state index in [4.69, 9.17) is 22.3 Å². The van der Waals surface area contributed by atoms with Gasteiger partial charge in [-0.15, -0.1) is 0 Å². The standard InChI is InChI=1S/C18H21ClN6O/c1-18-17(24-8-6-21-7-9-24)22-10-15(16(20)26)25(18)11-14(23-18)12-2-4-13(19)5-3-12/h2-5,10,21H,6-9,11H2,1H3,(H2,20,26). The quantitative estimate of drug-likeness (QED) is 0.804. The maximum atomic E-state index is 12.0. The lowest BCUT2D eigenvalue weighted by atomic mass is 10.1. The molecule has 8 heteroatoms. The maximum absolute atomic E-state index is 12.0. The van der Waals surface area contributed by atoms with E-state index in [-0.39, 0.29) is 0 Å². The van der Waals surface area contributed by atoms with Crippen LogP contribution in [0.2, 0.25) is 5.02 Å². The van der Waals surface area contributed by atoms with E-state index < -0.39 is 11.6 Å².